The molecule has 0 saturated carbocycles. The van der Waals surface area contributed by atoms with Gasteiger partial charge in [-0.25, -0.2) is 0 Å². The normalized spacial score (nSPS) is 9.93. The van der Waals surface area contributed by atoms with Crippen molar-refractivity contribution in [3.05, 3.63) is 35.2 Å². The van der Waals surface area contributed by atoms with E-state index in [2.05, 4.69) is 16.2 Å². The summed E-state index contributed by atoms with van der Waals surface area (Å²) in [6.45, 7) is 3.68. The Bertz CT molecular complexity index is 537. The van der Waals surface area contributed by atoms with Crippen LogP contribution in [0.1, 0.15) is 17.0 Å². The van der Waals surface area contributed by atoms with Gasteiger partial charge in [0.25, 0.3) is 5.89 Å². The van der Waals surface area contributed by atoms with Crippen LogP contribution >= 0.6 is 0 Å². The van der Waals surface area contributed by atoms with Crippen LogP contribution in [0, 0.1) is 25.2 Å². The van der Waals surface area contributed by atoms with E-state index in [-0.39, 0.29) is 0 Å². The SMILES string of the molecule is Cc1noc(-c2ccc(C#N)cc2C)n1. The van der Waals surface area contributed by atoms with Crippen LogP contribution in [0.5, 0.6) is 0 Å². The Morgan fingerprint density at radius 2 is 2.13 bits per heavy atom. The highest BCUT2D eigenvalue weighted by Gasteiger charge is 2.09. The van der Waals surface area contributed by atoms with Crippen molar-refractivity contribution in [3.63, 3.8) is 0 Å². The molecule has 0 aliphatic carbocycles. The van der Waals surface area contributed by atoms with Gasteiger partial charge in [-0.1, -0.05) is 5.16 Å². The van der Waals surface area contributed by atoms with E-state index in [0.717, 1.165) is 11.1 Å². The van der Waals surface area contributed by atoms with Gasteiger partial charge >= 0.3 is 0 Å². The fourth-order valence-corrected chi connectivity index (χ4v) is 1.38. The van der Waals surface area contributed by atoms with E-state index in [0.29, 0.717) is 17.3 Å². The lowest BCUT2D eigenvalue weighted by molar-refractivity contribution is 0.425. The van der Waals surface area contributed by atoms with Gasteiger partial charge in [0.05, 0.1) is 11.6 Å². The minimum Gasteiger partial charge on any atom is -0.334 e. The van der Waals surface area contributed by atoms with Crippen LogP contribution in [-0.2, 0) is 0 Å². The summed E-state index contributed by atoms with van der Waals surface area (Å²) >= 11 is 0. The number of hydrogen-bond donors (Lipinski definition) is 0. The molecule has 0 aliphatic heterocycles. The van der Waals surface area contributed by atoms with E-state index in [9.17, 15) is 0 Å². The molecule has 2 rings (SSSR count). The van der Waals surface area contributed by atoms with E-state index in [1.807, 2.05) is 13.0 Å². The molecule has 1 heterocycles. The summed E-state index contributed by atoms with van der Waals surface area (Å²) in [6.07, 6.45) is 0. The van der Waals surface area contributed by atoms with Gasteiger partial charge in [0.2, 0.25) is 0 Å². The number of nitrogens with zero attached hydrogens (tertiary/aromatic N) is 3. The highest BCUT2D eigenvalue weighted by Crippen LogP contribution is 2.22. The molecule has 0 unspecified atom stereocenters. The van der Waals surface area contributed by atoms with Gasteiger partial charge in [-0.05, 0) is 37.6 Å². The fourth-order valence-electron chi connectivity index (χ4n) is 1.38. The van der Waals surface area contributed by atoms with E-state index in [4.69, 9.17) is 9.78 Å². The van der Waals surface area contributed by atoms with Gasteiger partial charge < -0.3 is 4.52 Å². The molecule has 4 nitrogen and oxygen atoms in total. The average molecular weight is 199 g/mol. The number of aromatic nitrogens is 2. The summed E-state index contributed by atoms with van der Waals surface area (Å²) in [5, 5.41) is 12.5. The zero-order valence-electron chi connectivity index (χ0n) is 8.48. The predicted octanol–water partition coefficient (Wildman–Crippen LogP) is 2.23. The Morgan fingerprint density at radius 3 is 2.67 bits per heavy atom. The van der Waals surface area contributed by atoms with Gasteiger partial charge in [0.1, 0.15) is 0 Å². The van der Waals surface area contributed by atoms with Gasteiger partial charge in [0, 0.05) is 5.56 Å². The van der Waals surface area contributed by atoms with Crippen LogP contribution in [-0.4, -0.2) is 10.1 Å². The first-order valence-electron chi connectivity index (χ1n) is 4.52. The Morgan fingerprint density at radius 1 is 1.33 bits per heavy atom. The summed E-state index contributed by atoms with van der Waals surface area (Å²) in [4.78, 5) is 4.14. The molecule has 0 bridgehead atoms. The van der Waals surface area contributed by atoms with Gasteiger partial charge in [0.15, 0.2) is 5.82 Å². The molecule has 15 heavy (non-hydrogen) atoms. The average Bonchev–Trinajstić information content (AvgIpc) is 2.64. The molecule has 0 atom stereocenters. The minimum atomic E-state index is 0.495. The van der Waals surface area contributed by atoms with Crippen molar-refractivity contribution in [1.82, 2.24) is 10.1 Å². The molecule has 0 N–H and O–H groups in total. The zero-order valence-corrected chi connectivity index (χ0v) is 8.48. The third-order valence-electron chi connectivity index (χ3n) is 2.11. The largest absolute Gasteiger partial charge is 0.334 e. The van der Waals surface area contributed by atoms with Crippen LogP contribution in [0.3, 0.4) is 0 Å². The summed E-state index contributed by atoms with van der Waals surface area (Å²) in [6, 6.07) is 7.44. The third-order valence-corrected chi connectivity index (χ3v) is 2.11. The minimum absolute atomic E-state index is 0.495. The fraction of sp³-hybridized carbons (Fsp3) is 0.182. The van der Waals surface area contributed by atoms with Crippen molar-refractivity contribution in [2.45, 2.75) is 13.8 Å². The molecular formula is C11H9N3O. The van der Waals surface area contributed by atoms with Crippen LogP contribution in [0.25, 0.3) is 11.5 Å². The van der Waals surface area contributed by atoms with Crippen LogP contribution < -0.4 is 0 Å². The molecule has 0 aliphatic rings. The first-order valence-corrected chi connectivity index (χ1v) is 4.52. The molecule has 1 aromatic heterocycles. The molecule has 2 aromatic rings. The molecule has 1 aromatic carbocycles. The van der Waals surface area contributed by atoms with E-state index >= 15 is 0 Å². The first-order chi connectivity index (χ1) is 7.20. The van der Waals surface area contributed by atoms with Crippen molar-refractivity contribution in [1.29, 1.82) is 5.26 Å². The van der Waals surface area contributed by atoms with Crippen LogP contribution in [0.4, 0.5) is 0 Å². The Balaban J connectivity index is 2.51. The lowest BCUT2D eigenvalue weighted by Gasteiger charge is -1.99. The molecular weight excluding hydrogens is 190 g/mol. The van der Waals surface area contributed by atoms with E-state index in [1.54, 1.807) is 19.1 Å². The van der Waals surface area contributed by atoms with Crippen molar-refractivity contribution < 1.29 is 4.52 Å². The van der Waals surface area contributed by atoms with Crippen molar-refractivity contribution in [2.75, 3.05) is 0 Å². The molecule has 74 valence electrons. The second-order valence-electron chi connectivity index (χ2n) is 3.29. The number of benzene rings is 1. The quantitative estimate of drug-likeness (QED) is 0.706. The zero-order chi connectivity index (χ0) is 10.8. The van der Waals surface area contributed by atoms with Crippen molar-refractivity contribution in [3.8, 4) is 17.5 Å². The number of aryl methyl sites for hydroxylation is 2. The second kappa shape index (κ2) is 3.54. The summed E-state index contributed by atoms with van der Waals surface area (Å²) < 4.78 is 5.06. The summed E-state index contributed by atoms with van der Waals surface area (Å²) in [7, 11) is 0. The van der Waals surface area contributed by atoms with Crippen LogP contribution in [0.15, 0.2) is 22.7 Å². The van der Waals surface area contributed by atoms with Gasteiger partial charge in [-0.15, -0.1) is 0 Å². The molecule has 0 spiro atoms. The van der Waals surface area contributed by atoms with Crippen LogP contribution in [0.2, 0.25) is 0 Å². The topological polar surface area (TPSA) is 62.7 Å². The van der Waals surface area contributed by atoms with E-state index in [1.165, 1.54) is 0 Å². The third kappa shape index (κ3) is 1.72. The summed E-state index contributed by atoms with van der Waals surface area (Å²) in [5.41, 5.74) is 2.46. The van der Waals surface area contributed by atoms with Gasteiger partial charge in [-0.2, -0.15) is 10.2 Å². The maximum atomic E-state index is 8.73. The Kier molecular flexibility index (Phi) is 2.22. The molecule has 0 saturated heterocycles. The first kappa shape index (κ1) is 9.41. The lowest BCUT2D eigenvalue weighted by Crippen LogP contribution is -1.85. The smallest absolute Gasteiger partial charge is 0.258 e. The monoisotopic (exact) mass is 199 g/mol. The molecule has 0 amide bonds. The highest BCUT2D eigenvalue weighted by molar-refractivity contribution is 5.59. The second-order valence-corrected chi connectivity index (χ2v) is 3.29. The predicted molar refractivity (Wildman–Crippen MR) is 53.9 cm³/mol. The maximum absolute atomic E-state index is 8.73. The van der Waals surface area contributed by atoms with Crippen molar-refractivity contribution >= 4 is 0 Å². The standard InChI is InChI=1S/C11H9N3O/c1-7-5-9(6-12)3-4-10(7)11-13-8(2)14-15-11/h3-5H,1-2H3. The number of hydrogen-bond acceptors (Lipinski definition) is 4. The maximum Gasteiger partial charge on any atom is 0.258 e. The Labute approximate surface area is 87.2 Å². The lowest BCUT2D eigenvalue weighted by atomic mass is 10.1. The van der Waals surface area contributed by atoms with Gasteiger partial charge in [-0.3, -0.25) is 0 Å². The molecule has 0 radical (unpaired) electrons. The molecule has 0 fully saturated rings. The summed E-state index contributed by atoms with van der Waals surface area (Å²) in [5.74, 6) is 1.10. The molecule has 4 heteroatoms. The number of nitriles is 1. The van der Waals surface area contributed by atoms with E-state index < -0.39 is 0 Å². The number of rotatable bonds is 1. The Hall–Kier alpha value is -2.15. The highest BCUT2D eigenvalue weighted by atomic mass is 16.5. The van der Waals surface area contributed by atoms with Crippen molar-refractivity contribution in [2.24, 2.45) is 0 Å².